The first-order chi connectivity index (χ1) is 8.31. The van der Waals surface area contributed by atoms with Crippen LogP contribution in [0.3, 0.4) is 0 Å². The smallest absolute Gasteiger partial charge is 0.194 e. The summed E-state index contributed by atoms with van der Waals surface area (Å²) in [4.78, 5) is 16.2. The van der Waals surface area contributed by atoms with Crippen molar-refractivity contribution in [3.8, 4) is 0 Å². The second kappa shape index (κ2) is 5.21. The molecule has 1 heterocycles. The van der Waals surface area contributed by atoms with Crippen LogP contribution in [-0.2, 0) is 0 Å². The third-order valence-corrected chi connectivity index (χ3v) is 2.42. The van der Waals surface area contributed by atoms with Crippen LogP contribution < -0.4 is 0 Å². The second-order valence-electron chi connectivity index (χ2n) is 3.70. The number of allylic oxidation sites excluding steroid dienone is 1. The van der Waals surface area contributed by atoms with Gasteiger partial charge in [-0.1, -0.05) is 42.5 Å². The molecule has 0 bridgehead atoms. The molecule has 0 saturated heterocycles. The van der Waals surface area contributed by atoms with Gasteiger partial charge in [0.1, 0.15) is 0 Å². The van der Waals surface area contributed by atoms with Crippen molar-refractivity contribution in [3.05, 3.63) is 71.6 Å². The van der Waals surface area contributed by atoms with Gasteiger partial charge in [0.15, 0.2) is 5.78 Å². The van der Waals surface area contributed by atoms with E-state index in [4.69, 9.17) is 0 Å². The minimum absolute atomic E-state index is 0.00412. The van der Waals surface area contributed by atoms with Gasteiger partial charge in [0, 0.05) is 23.5 Å². The number of nitrogens with zero attached hydrogens (tertiary/aromatic N) is 1. The van der Waals surface area contributed by atoms with Gasteiger partial charge in [-0.05, 0) is 18.6 Å². The van der Waals surface area contributed by atoms with Crippen molar-refractivity contribution >= 4 is 11.9 Å². The van der Waals surface area contributed by atoms with Crippen molar-refractivity contribution in [1.82, 2.24) is 4.98 Å². The molecule has 0 atom stereocenters. The summed E-state index contributed by atoms with van der Waals surface area (Å²) < 4.78 is 0. The molecule has 0 unspecified atom stereocenters. The number of pyridine rings is 1. The molecule has 0 saturated carbocycles. The first kappa shape index (κ1) is 11.3. The molecule has 0 spiro atoms. The van der Waals surface area contributed by atoms with Crippen LogP contribution in [0, 0.1) is 0 Å². The molecule has 0 radical (unpaired) electrons. The molecule has 0 N–H and O–H groups in total. The fourth-order valence-electron chi connectivity index (χ4n) is 1.62. The maximum absolute atomic E-state index is 12.1. The molecular formula is C15H13NO. The van der Waals surface area contributed by atoms with Crippen LogP contribution >= 0.6 is 0 Å². The molecular weight excluding hydrogens is 210 g/mol. The van der Waals surface area contributed by atoms with E-state index in [9.17, 15) is 4.79 Å². The lowest BCUT2D eigenvalue weighted by Gasteiger charge is -2.01. The van der Waals surface area contributed by atoms with Crippen LogP contribution in [0.2, 0.25) is 0 Å². The summed E-state index contributed by atoms with van der Waals surface area (Å²) in [6, 6.07) is 11.1. The van der Waals surface area contributed by atoms with Crippen molar-refractivity contribution in [3.63, 3.8) is 0 Å². The van der Waals surface area contributed by atoms with E-state index >= 15 is 0 Å². The highest BCUT2D eigenvalue weighted by Gasteiger charge is 2.08. The van der Waals surface area contributed by atoms with Gasteiger partial charge in [0.05, 0.1) is 0 Å². The predicted octanol–water partition coefficient (Wildman–Crippen LogP) is 3.35. The molecule has 2 nitrogen and oxygen atoms in total. The summed E-state index contributed by atoms with van der Waals surface area (Å²) >= 11 is 0. The van der Waals surface area contributed by atoms with Crippen molar-refractivity contribution in [2.75, 3.05) is 0 Å². The zero-order chi connectivity index (χ0) is 12.1. The largest absolute Gasteiger partial charge is 0.289 e. The van der Waals surface area contributed by atoms with Crippen molar-refractivity contribution in [1.29, 1.82) is 0 Å². The summed E-state index contributed by atoms with van der Waals surface area (Å²) in [5, 5.41) is 0. The van der Waals surface area contributed by atoms with Crippen LogP contribution in [0.25, 0.3) is 6.08 Å². The van der Waals surface area contributed by atoms with E-state index < -0.39 is 0 Å². The number of hydrogen-bond donors (Lipinski definition) is 0. The topological polar surface area (TPSA) is 30.0 Å². The Balaban J connectivity index is 2.35. The van der Waals surface area contributed by atoms with Crippen LogP contribution in [0.4, 0.5) is 0 Å². The molecule has 1 aromatic carbocycles. The van der Waals surface area contributed by atoms with Crippen LogP contribution in [0.1, 0.15) is 28.4 Å². The third kappa shape index (κ3) is 2.67. The summed E-state index contributed by atoms with van der Waals surface area (Å²) in [5.41, 5.74) is 2.24. The van der Waals surface area contributed by atoms with Crippen LogP contribution in [0.5, 0.6) is 0 Å². The van der Waals surface area contributed by atoms with Crippen LogP contribution in [0.15, 0.2) is 54.9 Å². The Hall–Kier alpha value is -2.22. The minimum atomic E-state index is 0.00412. The summed E-state index contributed by atoms with van der Waals surface area (Å²) in [7, 11) is 0. The van der Waals surface area contributed by atoms with Gasteiger partial charge in [-0.3, -0.25) is 9.78 Å². The molecule has 0 aliphatic carbocycles. The molecule has 2 aromatic rings. The Morgan fingerprint density at radius 1 is 1.12 bits per heavy atom. The summed E-state index contributed by atoms with van der Waals surface area (Å²) in [5.74, 6) is 0.00412. The van der Waals surface area contributed by atoms with Gasteiger partial charge in [-0.15, -0.1) is 0 Å². The third-order valence-electron chi connectivity index (χ3n) is 2.42. The molecule has 1 aromatic heterocycles. The fourth-order valence-corrected chi connectivity index (χ4v) is 1.62. The van der Waals surface area contributed by atoms with E-state index in [0.717, 1.165) is 5.56 Å². The zero-order valence-electron chi connectivity index (χ0n) is 9.63. The Labute approximate surface area is 101 Å². The summed E-state index contributed by atoms with van der Waals surface area (Å²) in [6.07, 6.45) is 7.19. The van der Waals surface area contributed by atoms with E-state index in [1.165, 1.54) is 0 Å². The van der Waals surface area contributed by atoms with E-state index in [-0.39, 0.29) is 5.78 Å². The highest BCUT2D eigenvalue weighted by molar-refractivity contribution is 6.08. The Kier molecular flexibility index (Phi) is 3.46. The Bertz CT molecular complexity index is 544. The second-order valence-corrected chi connectivity index (χ2v) is 3.70. The van der Waals surface area contributed by atoms with E-state index in [2.05, 4.69) is 4.98 Å². The van der Waals surface area contributed by atoms with Gasteiger partial charge in [-0.25, -0.2) is 0 Å². The number of benzene rings is 1. The van der Waals surface area contributed by atoms with E-state index in [1.54, 1.807) is 12.4 Å². The average molecular weight is 223 g/mol. The normalized spacial score (nSPS) is 10.6. The van der Waals surface area contributed by atoms with Gasteiger partial charge in [0.25, 0.3) is 0 Å². The quantitative estimate of drug-likeness (QED) is 0.747. The molecule has 84 valence electrons. The number of carbonyl (C=O) groups excluding carboxylic acids is 1. The minimum Gasteiger partial charge on any atom is -0.289 e. The molecule has 17 heavy (non-hydrogen) atoms. The maximum atomic E-state index is 12.1. The highest BCUT2D eigenvalue weighted by atomic mass is 16.1. The van der Waals surface area contributed by atoms with Gasteiger partial charge in [-0.2, -0.15) is 0 Å². The monoisotopic (exact) mass is 223 g/mol. The van der Waals surface area contributed by atoms with Crippen molar-refractivity contribution in [2.45, 2.75) is 6.92 Å². The van der Waals surface area contributed by atoms with Crippen LogP contribution in [-0.4, -0.2) is 10.8 Å². The Morgan fingerprint density at radius 2 is 1.88 bits per heavy atom. The lowest BCUT2D eigenvalue weighted by molar-refractivity contribution is 0.103. The Morgan fingerprint density at radius 3 is 2.59 bits per heavy atom. The lowest BCUT2D eigenvalue weighted by atomic mass is 10.0. The number of ketones is 1. The van der Waals surface area contributed by atoms with Crippen molar-refractivity contribution < 1.29 is 4.79 Å². The fraction of sp³-hybridized carbons (Fsp3) is 0.0667. The van der Waals surface area contributed by atoms with E-state index in [0.29, 0.717) is 11.1 Å². The van der Waals surface area contributed by atoms with Crippen molar-refractivity contribution in [2.24, 2.45) is 0 Å². The number of hydrogen-bond acceptors (Lipinski definition) is 2. The van der Waals surface area contributed by atoms with Gasteiger partial charge < -0.3 is 0 Å². The molecule has 0 aliphatic heterocycles. The maximum Gasteiger partial charge on any atom is 0.194 e. The SMILES string of the molecule is C/C=C/c1cncc(C(=O)c2ccccc2)c1. The molecule has 0 amide bonds. The number of rotatable bonds is 3. The number of carbonyl (C=O) groups is 1. The molecule has 0 fully saturated rings. The average Bonchev–Trinajstić information content (AvgIpc) is 2.40. The van der Waals surface area contributed by atoms with Gasteiger partial charge in [0.2, 0.25) is 0 Å². The zero-order valence-corrected chi connectivity index (χ0v) is 9.63. The molecule has 2 heteroatoms. The highest BCUT2D eigenvalue weighted by Crippen LogP contribution is 2.11. The predicted molar refractivity (Wildman–Crippen MR) is 68.8 cm³/mol. The van der Waals surface area contributed by atoms with Gasteiger partial charge >= 0.3 is 0 Å². The van der Waals surface area contributed by atoms with E-state index in [1.807, 2.05) is 55.5 Å². The first-order valence-electron chi connectivity index (χ1n) is 5.49. The summed E-state index contributed by atoms with van der Waals surface area (Å²) in [6.45, 7) is 1.94. The molecule has 2 rings (SSSR count). The first-order valence-corrected chi connectivity index (χ1v) is 5.49. The molecule has 0 aliphatic rings. The standard InChI is InChI=1S/C15H13NO/c1-2-6-12-9-14(11-16-10-12)15(17)13-7-4-3-5-8-13/h2-11H,1H3/b6-2+. The number of aromatic nitrogens is 1. The lowest BCUT2D eigenvalue weighted by Crippen LogP contribution is -2.01.